The molecular weight excluding hydrogens is 1890 g/mol. The number of hydrogen-bond acceptors (Lipinski definition) is 29. The fraction of sp³-hybridized carbons (Fsp3) is 0.391. The first kappa shape index (κ1) is 117. The predicted octanol–water partition coefficient (Wildman–Crippen LogP) is 17.9. The second-order valence-electron chi connectivity index (χ2n) is 36.1. The van der Waals surface area contributed by atoms with Crippen LogP contribution >= 0.6 is 0 Å². The maximum absolute atomic E-state index is 12.9. The van der Waals surface area contributed by atoms with Crippen molar-refractivity contribution in [2.45, 2.75) is 214 Å². The first-order valence-electron chi connectivity index (χ1n) is 51.4. The highest BCUT2D eigenvalue weighted by Crippen LogP contribution is 2.42. The Bertz CT molecular complexity index is 6290. The van der Waals surface area contributed by atoms with Crippen LogP contribution in [0.2, 0.25) is 0 Å². The molecule has 5 aromatic heterocycles. The lowest BCUT2D eigenvalue weighted by Gasteiger charge is -2.34. The molecule has 6 N–H and O–H groups in total. The van der Waals surface area contributed by atoms with Gasteiger partial charge < -0.3 is 55.9 Å². The minimum Gasteiger partial charge on any atom is -0.492 e. The largest absolute Gasteiger partial charge is 0.492 e. The van der Waals surface area contributed by atoms with E-state index in [0.29, 0.717) is 78.4 Å². The average Bonchev–Trinajstić information content (AvgIpc) is 1.77. The first-order valence-corrected chi connectivity index (χ1v) is 51.4. The van der Waals surface area contributed by atoms with Gasteiger partial charge in [-0.15, -0.1) is 10.2 Å². The molecule has 5 unspecified atom stereocenters. The first-order chi connectivity index (χ1) is 73.1. The molecule has 780 valence electrons. The predicted molar refractivity (Wildman–Crippen MR) is 572 cm³/mol. The van der Waals surface area contributed by atoms with Gasteiger partial charge in [0.25, 0.3) is 29.5 Å². The van der Waals surface area contributed by atoms with Crippen molar-refractivity contribution in [1.82, 2.24) is 96.7 Å². The Morgan fingerprint density at radius 2 is 1.06 bits per heavy atom. The number of anilines is 1. The third kappa shape index (κ3) is 41.4. The monoisotopic (exact) mass is 2030 g/mol. The van der Waals surface area contributed by atoms with Crippen molar-refractivity contribution < 1.29 is 47.8 Å². The van der Waals surface area contributed by atoms with Crippen molar-refractivity contribution in [2.75, 3.05) is 71.5 Å². The zero-order valence-electron chi connectivity index (χ0n) is 86.8. The molecule has 35 nitrogen and oxygen atoms in total. The molecule has 3 aliphatic rings. The molecule has 10 aromatic rings. The SMILES string of the molecule is CC(NC(=O)/C(C#N)=C/c1cncnn1)c1ccccc1NC(=O)CCN1CCCC1.CCCCCC(=O)c1ccc(C(NC(=O)/C(C#N)=C/c2cccnn2)C2CC2)cc1.CCCCCc1cccc(C(CC)NC(=O)/C(C#N)=C/c2cnccn2)c1.CCCN(C)CCOc1cccc(C(NC(=O)/C(C#N)=C/c2cncnc2)C2CCC2)c1.CCCOCCOc1ccc(C(CCC)NC(=O)/C(C#N)=C/c2ncncn2)cc1. The number of carbonyl (C=O) groups is 7. The number of nitrogens with zero attached hydrogens (tertiary/aromatic N) is 19. The van der Waals surface area contributed by atoms with Gasteiger partial charge in [0.2, 0.25) is 5.91 Å². The molecule has 150 heavy (non-hydrogen) atoms. The van der Waals surface area contributed by atoms with E-state index in [4.69, 9.17) is 14.2 Å². The molecule has 5 aromatic carbocycles. The summed E-state index contributed by atoms with van der Waals surface area (Å²) in [6, 6.07) is 50.6. The maximum atomic E-state index is 12.9. The highest BCUT2D eigenvalue weighted by Gasteiger charge is 2.35. The van der Waals surface area contributed by atoms with E-state index in [0.717, 1.165) is 169 Å². The smallest absolute Gasteiger partial charge is 0.262 e. The van der Waals surface area contributed by atoms with Gasteiger partial charge in [0.1, 0.15) is 114 Å². The molecule has 0 radical (unpaired) electrons. The number of carbonyl (C=O) groups excluding carboxylic acids is 7. The molecular formula is C115H135N25O10. The van der Waals surface area contributed by atoms with Gasteiger partial charge in [0, 0.05) is 86.4 Å². The average molecular weight is 2030 g/mol. The van der Waals surface area contributed by atoms with E-state index in [1.165, 1.54) is 118 Å². The van der Waals surface area contributed by atoms with Crippen molar-refractivity contribution in [3.63, 3.8) is 0 Å². The van der Waals surface area contributed by atoms with Crippen LogP contribution in [-0.2, 0) is 39.9 Å². The second kappa shape index (κ2) is 66.6. The third-order valence-corrected chi connectivity index (χ3v) is 24.6. The van der Waals surface area contributed by atoms with Crippen LogP contribution in [0.3, 0.4) is 0 Å². The number of Topliss-reactive ketones (excluding diaryl/α,β-unsaturated/α-hetero) is 1. The molecule has 0 bridgehead atoms. The lowest BCUT2D eigenvalue weighted by molar-refractivity contribution is -0.119. The normalized spacial score (nSPS) is 13.9. The number of nitriles is 5. The Kier molecular flexibility index (Phi) is 51.9. The van der Waals surface area contributed by atoms with Gasteiger partial charge in [-0.2, -0.15) is 36.5 Å². The lowest BCUT2D eigenvalue weighted by atomic mass is 9.77. The van der Waals surface area contributed by atoms with E-state index in [1.807, 2.05) is 147 Å². The fourth-order valence-electron chi connectivity index (χ4n) is 16.2. The molecule has 2 saturated carbocycles. The van der Waals surface area contributed by atoms with Gasteiger partial charge >= 0.3 is 0 Å². The number of amides is 6. The number of likely N-dealkylation sites (tertiary alicyclic amines) is 1. The van der Waals surface area contributed by atoms with Crippen molar-refractivity contribution in [1.29, 1.82) is 26.3 Å². The Morgan fingerprint density at radius 1 is 0.460 bits per heavy atom. The highest BCUT2D eigenvalue weighted by molar-refractivity contribution is 6.05. The molecule has 3 fully saturated rings. The van der Waals surface area contributed by atoms with Crippen LogP contribution in [0.15, 0.2) is 230 Å². The van der Waals surface area contributed by atoms with E-state index in [-0.39, 0.29) is 75.5 Å². The van der Waals surface area contributed by atoms with Crippen molar-refractivity contribution >= 4 is 77.3 Å². The minimum atomic E-state index is -0.546. The molecule has 1 saturated heterocycles. The number of para-hydroxylation sites is 1. The number of ether oxygens (including phenoxy) is 3. The summed E-state index contributed by atoms with van der Waals surface area (Å²) in [6.07, 6.45) is 43.8. The molecule has 13 rings (SSSR count). The standard InChI is InChI=1S/C25H31N5O2.C24H26N4O2.C22H25N7O2.C22H27N5O3.C22H26N4O/c1-3-10-30(2)11-12-32-23-9-5-8-21(14-23)24(20-6-4-7-20)29-25(31)22(15-26)13-19-16-27-18-28-17-19;1-2-3-4-7-22(29)17-8-10-18(11-9-17)23(19-12-13-19)27-24(30)20(16-25)15-21-6-5-14-26-28-21;1-16(26-22(31)17(13-23)12-18-14-24-15-25-28-18)19-6-2-3-7-20(19)27-21(30)8-11-29-9-4-5-10-29;1-3-5-20(17-6-8-19(9-7-17)30-12-11-29-10-4-2)27-22(28)18(14-23)13-21-25-15-24-16-26-21;1-3-5-6-8-17-9-7-10-18(13-17)21(4-2)26-22(27)19(15-23)14-20-16-24-11-12-25-20/h5,8-9,13-14,16-18,20,24H,3-4,6-7,10-12H2,1-2H3,(H,29,31);5-6,8-11,14-15,19,23H,2-4,7,12-13H2,1H3,(H,27,30);2-3,6-7,12,14-16H,4-5,8-11H2,1H3,(H,26,31)(H,27,30);6-9,13,15-16,20H,3-5,10-12H2,1-2H3,(H,27,28);7,9-14,16,21H,3-6,8H2,1-2H3,(H,26,27)/b22-13+;20-15+;17-12+;18-13+;19-14+. The summed E-state index contributed by atoms with van der Waals surface area (Å²) in [5.74, 6) is 0.352. The molecule has 6 amide bonds. The summed E-state index contributed by atoms with van der Waals surface area (Å²) in [5, 5.41) is 79.8. The number of hydrogen-bond donors (Lipinski definition) is 6. The van der Waals surface area contributed by atoms with Gasteiger partial charge in [-0.25, -0.2) is 29.9 Å². The van der Waals surface area contributed by atoms with Crippen LogP contribution < -0.4 is 41.4 Å². The summed E-state index contributed by atoms with van der Waals surface area (Å²) in [7, 11) is 2.09. The molecule has 6 heterocycles. The Labute approximate surface area is 879 Å². The lowest BCUT2D eigenvalue weighted by Crippen LogP contribution is -2.36. The number of benzene rings is 5. The molecule has 35 heteroatoms. The van der Waals surface area contributed by atoms with Crippen LogP contribution in [-0.4, -0.2) is 177 Å². The van der Waals surface area contributed by atoms with Gasteiger partial charge in [0.15, 0.2) is 11.6 Å². The van der Waals surface area contributed by atoms with Crippen LogP contribution in [0.5, 0.6) is 11.5 Å². The van der Waals surface area contributed by atoms with E-state index in [1.54, 1.807) is 43.7 Å². The van der Waals surface area contributed by atoms with Gasteiger partial charge in [-0.3, -0.25) is 43.5 Å². The van der Waals surface area contributed by atoms with Gasteiger partial charge in [0.05, 0.1) is 60.6 Å². The summed E-state index contributed by atoms with van der Waals surface area (Å²) in [6.45, 7) is 21.5. The third-order valence-electron chi connectivity index (χ3n) is 24.6. The van der Waals surface area contributed by atoms with E-state index in [9.17, 15) is 59.9 Å². The van der Waals surface area contributed by atoms with Crippen LogP contribution in [0.1, 0.15) is 279 Å². The van der Waals surface area contributed by atoms with Gasteiger partial charge in [-0.05, 0) is 229 Å². The number of aromatic nitrogens is 12. The molecule has 0 spiro atoms. The van der Waals surface area contributed by atoms with Crippen LogP contribution in [0.4, 0.5) is 5.69 Å². The highest BCUT2D eigenvalue weighted by atomic mass is 16.5. The van der Waals surface area contributed by atoms with Crippen LogP contribution in [0, 0.1) is 68.5 Å². The number of ketones is 1. The number of aryl methyl sites for hydroxylation is 1. The van der Waals surface area contributed by atoms with E-state index < -0.39 is 29.7 Å². The minimum absolute atomic E-state index is 0.0103. The van der Waals surface area contributed by atoms with E-state index >= 15 is 0 Å². The Hall–Kier alpha value is -16.5. The second-order valence-corrected chi connectivity index (χ2v) is 36.1. The zero-order chi connectivity index (χ0) is 107. The Morgan fingerprint density at radius 3 is 1.68 bits per heavy atom. The molecule has 5 atom stereocenters. The van der Waals surface area contributed by atoms with E-state index in [2.05, 4.69) is 149 Å². The summed E-state index contributed by atoms with van der Waals surface area (Å²) >= 11 is 0. The zero-order valence-corrected chi connectivity index (χ0v) is 86.8. The Balaban J connectivity index is 0.000000208. The maximum Gasteiger partial charge on any atom is 0.262 e. The van der Waals surface area contributed by atoms with Crippen molar-refractivity contribution in [3.05, 3.63) is 297 Å². The summed E-state index contributed by atoms with van der Waals surface area (Å²) < 4.78 is 17.0. The number of rotatable bonds is 50. The van der Waals surface area contributed by atoms with Crippen molar-refractivity contribution in [2.24, 2.45) is 11.8 Å². The number of unbranched alkanes of at least 4 members (excludes halogenated alkanes) is 4. The number of likely N-dealkylation sites (N-methyl/N-ethyl adjacent to an activating group) is 1. The van der Waals surface area contributed by atoms with Crippen molar-refractivity contribution in [3.8, 4) is 41.8 Å². The topological polar surface area (TPSA) is 499 Å². The van der Waals surface area contributed by atoms with Gasteiger partial charge in [-0.1, -0.05) is 171 Å². The van der Waals surface area contributed by atoms with Crippen LogP contribution in [0.25, 0.3) is 30.4 Å². The summed E-state index contributed by atoms with van der Waals surface area (Å²) in [4.78, 5) is 124. The molecule has 1 aliphatic heterocycles. The number of nitrogens with one attached hydrogen (secondary N) is 6. The summed E-state index contributed by atoms with van der Waals surface area (Å²) in [5.41, 5.74) is 9.09. The quantitative estimate of drug-likeness (QED) is 0.00892. The molecule has 2 aliphatic carbocycles. The fourth-order valence-corrected chi connectivity index (χ4v) is 16.2.